The van der Waals surface area contributed by atoms with Crippen molar-refractivity contribution in [3.05, 3.63) is 200 Å². The van der Waals surface area contributed by atoms with Crippen LogP contribution in [0.5, 0.6) is 0 Å². The summed E-state index contributed by atoms with van der Waals surface area (Å²) in [5.41, 5.74) is 8.93. The van der Waals surface area contributed by atoms with E-state index in [1.807, 2.05) is 11.3 Å². The van der Waals surface area contributed by atoms with Crippen molar-refractivity contribution in [1.29, 1.82) is 0 Å². The normalized spacial score (nSPS) is 13.1. The number of para-hydroxylation sites is 1. The first-order valence-corrected chi connectivity index (χ1v) is 24.4. The maximum absolute atomic E-state index is 5.59. The summed E-state index contributed by atoms with van der Waals surface area (Å²) in [5.74, 6) is 0.738. The molecule has 0 atom stereocenters. The van der Waals surface area contributed by atoms with Crippen LogP contribution >= 0.6 is 11.3 Å². The molecule has 0 unspecified atom stereocenters. The van der Waals surface area contributed by atoms with Crippen LogP contribution in [0.25, 0.3) is 81.6 Å². The van der Waals surface area contributed by atoms with Crippen LogP contribution in [0.15, 0.2) is 200 Å². The van der Waals surface area contributed by atoms with Crippen LogP contribution in [0.3, 0.4) is 0 Å². The summed E-state index contributed by atoms with van der Waals surface area (Å²) in [6.07, 6.45) is 0. The average Bonchev–Trinajstić information content (AvgIpc) is 3.94. The van der Waals surface area contributed by atoms with Gasteiger partial charge < -0.3 is 0 Å². The molecule has 0 radical (unpaired) electrons. The molecule has 3 nitrogen and oxygen atoms in total. The molecule has 0 N–H and O–H groups in total. The quantitative estimate of drug-likeness (QED) is 0.162. The van der Waals surface area contributed by atoms with E-state index in [4.69, 9.17) is 9.97 Å². The number of hydrogen-bond donors (Lipinski definition) is 0. The molecular formula is C52H33GeN3S. The van der Waals surface area contributed by atoms with Crippen LogP contribution in [0.1, 0.15) is 0 Å². The number of benzene rings is 8. The average molecular weight is 805 g/mol. The van der Waals surface area contributed by atoms with E-state index < -0.39 is 13.3 Å². The van der Waals surface area contributed by atoms with Gasteiger partial charge in [0, 0.05) is 15.5 Å². The van der Waals surface area contributed by atoms with E-state index in [9.17, 15) is 0 Å². The third-order valence-electron chi connectivity index (χ3n) is 11.9. The topological polar surface area (TPSA) is 30.7 Å². The Morgan fingerprint density at radius 3 is 1.81 bits per heavy atom. The van der Waals surface area contributed by atoms with Gasteiger partial charge in [-0.2, -0.15) is 0 Å². The fraction of sp³-hybridized carbons (Fsp3) is 0. The summed E-state index contributed by atoms with van der Waals surface area (Å²) >= 11 is -1.72. The van der Waals surface area contributed by atoms with Crippen molar-refractivity contribution >= 4 is 84.2 Å². The minimum atomic E-state index is -3.61. The summed E-state index contributed by atoms with van der Waals surface area (Å²) in [5, 5.41) is 5.22. The van der Waals surface area contributed by atoms with Crippen molar-refractivity contribution in [2.45, 2.75) is 0 Å². The molecule has 0 saturated heterocycles. The fourth-order valence-corrected chi connectivity index (χ4v) is 21.8. The Morgan fingerprint density at radius 1 is 0.439 bits per heavy atom. The van der Waals surface area contributed by atoms with E-state index in [0.717, 1.165) is 34.0 Å². The van der Waals surface area contributed by atoms with Gasteiger partial charge in [-0.3, -0.25) is 0 Å². The molecule has 8 aromatic carbocycles. The van der Waals surface area contributed by atoms with Gasteiger partial charge in [0.15, 0.2) is 0 Å². The van der Waals surface area contributed by atoms with Crippen LogP contribution in [-0.4, -0.2) is 27.8 Å². The Balaban J connectivity index is 1.08. The van der Waals surface area contributed by atoms with E-state index >= 15 is 0 Å². The zero-order valence-electron chi connectivity index (χ0n) is 30.8. The Kier molecular flexibility index (Phi) is 7.28. The van der Waals surface area contributed by atoms with E-state index in [0.29, 0.717) is 0 Å². The molecule has 0 saturated carbocycles. The Labute approximate surface area is 336 Å². The van der Waals surface area contributed by atoms with Gasteiger partial charge in [0.25, 0.3) is 0 Å². The van der Waals surface area contributed by atoms with Gasteiger partial charge in [-0.05, 0) is 6.07 Å². The number of nitrogens with zero attached hydrogens (tertiary/aromatic N) is 3. The Hall–Kier alpha value is -6.60. The number of thiophene rings is 1. The fourth-order valence-electron chi connectivity index (χ4n) is 9.51. The van der Waals surface area contributed by atoms with E-state index in [1.54, 1.807) is 0 Å². The Bertz CT molecular complexity index is 3300. The molecule has 5 heteroatoms. The molecule has 1 aliphatic heterocycles. The summed E-state index contributed by atoms with van der Waals surface area (Å²) < 4.78 is 10.5. The van der Waals surface area contributed by atoms with Gasteiger partial charge in [-0.1, -0.05) is 24.3 Å². The second kappa shape index (κ2) is 12.7. The molecule has 11 aromatic rings. The molecule has 0 amide bonds. The second-order valence-corrected chi connectivity index (χ2v) is 23.6. The van der Waals surface area contributed by atoms with Gasteiger partial charge in [0.2, 0.25) is 0 Å². The molecule has 0 aliphatic carbocycles. The van der Waals surface area contributed by atoms with Crippen LogP contribution in [0.2, 0.25) is 0 Å². The monoisotopic (exact) mass is 805 g/mol. The third kappa shape index (κ3) is 4.72. The molecule has 0 spiro atoms. The third-order valence-corrected chi connectivity index (χ3v) is 23.3. The summed E-state index contributed by atoms with van der Waals surface area (Å²) in [7, 11) is 0. The molecule has 266 valence electrons. The Morgan fingerprint density at radius 2 is 1.05 bits per heavy atom. The number of aromatic nitrogens is 3. The minimum absolute atomic E-state index is 0.738. The van der Waals surface area contributed by atoms with Crippen molar-refractivity contribution in [3.63, 3.8) is 0 Å². The first-order valence-electron chi connectivity index (χ1n) is 19.4. The van der Waals surface area contributed by atoms with Gasteiger partial charge in [0.1, 0.15) is 0 Å². The number of fused-ring (bicyclic) bond motifs is 10. The molecule has 57 heavy (non-hydrogen) atoms. The van der Waals surface area contributed by atoms with Gasteiger partial charge in [-0.25, -0.2) is 0 Å². The first kappa shape index (κ1) is 32.6. The zero-order chi connectivity index (χ0) is 37.5. The molecular weight excluding hydrogens is 771 g/mol. The number of hydrogen-bond acceptors (Lipinski definition) is 3. The van der Waals surface area contributed by atoms with Crippen molar-refractivity contribution in [3.8, 4) is 39.6 Å². The van der Waals surface area contributed by atoms with Crippen LogP contribution in [0.4, 0.5) is 0 Å². The predicted molar refractivity (Wildman–Crippen MR) is 243 cm³/mol. The predicted octanol–water partition coefficient (Wildman–Crippen LogP) is 10.6. The molecule has 0 bridgehead atoms. The van der Waals surface area contributed by atoms with E-state index in [1.165, 1.54) is 65.1 Å². The summed E-state index contributed by atoms with van der Waals surface area (Å²) in [4.78, 5) is 11.2. The van der Waals surface area contributed by atoms with Gasteiger partial charge >= 0.3 is 281 Å². The van der Waals surface area contributed by atoms with Crippen molar-refractivity contribution < 1.29 is 0 Å². The summed E-state index contributed by atoms with van der Waals surface area (Å²) in [6.45, 7) is 0. The number of rotatable bonds is 5. The molecule has 4 heterocycles. The van der Waals surface area contributed by atoms with Crippen LogP contribution < -0.4 is 17.6 Å². The zero-order valence-corrected chi connectivity index (χ0v) is 33.7. The van der Waals surface area contributed by atoms with Crippen molar-refractivity contribution in [2.24, 2.45) is 0 Å². The summed E-state index contributed by atoms with van der Waals surface area (Å²) in [6, 6.07) is 73.1. The van der Waals surface area contributed by atoms with Gasteiger partial charge in [0.05, 0.1) is 0 Å². The molecule has 0 fully saturated rings. The van der Waals surface area contributed by atoms with E-state index in [2.05, 4.69) is 205 Å². The van der Waals surface area contributed by atoms with E-state index in [-0.39, 0.29) is 0 Å². The SMILES string of the molecule is c1ccc(-c2nc(-c3ccc(-n4c5ccccc5c5c6sc7ccccc7c6ccc54)cc3)nc3[c]2[Ge]([c]2ccccc2)([c]2ccccc2)[c]2ccccc2-3)cc1. The molecule has 12 rings (SSSR count). The van der Waals surface area contributed by atoms with Crippen LogP contribution in [-0.2, 0) is 0 Å². The molecule has 3 aromatic heterocycles. The van der Waals surface area contributed by atoms with Crippen LogP contribution in [0, 0.1) is 0 Å². The maximum atomic E-state index is 5.59. The second-order valence-electron chi connectivity index (χ2n) is 14.8. The molecule has 1 aliphatic rings. The van der Waals surface area contributed by atoms with Crippen molar-refractivity contribution in [2.75, 3.05) is 0 Å². The van der Waals surface area contributed by atoms with Crippen molar-refractivity contribution in [1.82, 2.24) is 14.5 Å². The standard InChI is InChI=1S/C52H33GeN3S/c1-4-16-34(17-5-1)49-48-50(41-23-10-13-25-43(41)53(48,36-18-6-2-7-19-36)37-20-8-3-9-21-37)55-52(54-49)35-28-30-38(31-29-35)56-44-26-14-11-24-42(44)47-45(56)33-32-40-39-22-12-15-27-46(39)57-51(40)47/h1-33H. The van der Waals surface area contributed by atoms with Gasteiger partial charge in [-0.15, -0.1) is 11.3 Å². The first-order chi connectivity index (χ1) is 28.3.